The van der Waals surface area contributed by atoms with Crippen molar-refractivity contribution in [1.29, 1.82) is 0 Å². The molecule has 0 aromatic heterocycles. The van der Waals surface area contributed by atoms with Crippen LogP contribution in [0.1, 0.15) is 42.5 Å². The van der Waals surface area contributed by atoms with Gasteiger partial charge in [0, 0.05) is 49.9 Å². The van der Waals surface area contributed by atoms with Crippen LogP contribution in [0.2, 0.25) is 0 Å². The Labute approximate surface area is 175 Å². The van der Waals surface area contributed by atoms with Crippen LogP contribution >= 0.6 is 0 Å². The molecule has 30 heavy (non-hydrogen) atoms. The smallest absolute Gasteiger partial charge is 0.409 e. The van der Waals surface area contributed by atoms with Gasteiger partial charge >= 0.3 is 6.09 Å². The van der Waals surface area contributed by atoms with E-state index in [4.69, 9.17) is 10.5 Å². The lowest BCUT2D eigenvalue weighted by Gasteiger charge is -2.27. The van der Waals surface area contributed by atoms with E-state index in [0.29, 0.717) is 38.3 Å². The molecule has 10 nitrogen and oxygen atoms in total. The first-order chi connectivity index (χ1) is 14.4. The summed E-state index contributed by atoms with van der Waals surface area (Å²) in [4.78, 5) is 39.1. The summed E-state index contributed by atoms with van der Waals surface area (Å²) in [6, 6.07) is 4.81. The lowest BCUT2D eigenvalue weighted by atomic mass is 9.91. The second-order valence-corrected chi connectivity index (χ2v) is 7.84. The van der Waals surface area contributed by atoms with E-state index in [9.17, 15) is 19.7 Å². The van der Waals surface area contributed by atoms with Gasteiger partial charge in [0.05, 0.1) is 12.0 Å². The first-order valence-corrected chi connectivity index (χ1v) is 10.3. The number of nitro groups is 1. The number of nitrogens with two attached hydrogens (primary N) is 1. The van der Waals surface area contributed by atoms with E-state index in [1.54, 1.807) is 17.0 Å². The Bertz CT molecular complexity index is 794. The molecule has 3 N–H and O–H groups in total. The number of hydrogen-bond acceptors (Lipinski definition) is 7. The van der Waals surface area contributed by atoms with Gasteiger partial charge in [-0.2, -0.15) is 0 Å². The Kier molecular flexibility index (Phi) is 7.09. The van der Waals surface area contributed by atoms with E-state index in [-0.39, 0.29) is 29.2 Å². The number of anilines is 1. The van der Waals surface area contributed by atoms with Crippen LogP contribution in [0.5, 0.6) is 0 Å². The van der Waals surface area contributed by atoms with Crippen molar-refractivity contribution < 1.29 is 19.2 Å². The minimum Gasteiger partial charge on any atom is -0.453 e. The van der Waals surface area contributed by atoms with Crippen molar-refractivity contribution in [3.63, 3.8) is 0 Å². The summed E-state index contributed by atoms with van der Waals surface area (Å²) >= 11 is 0. The fourth-order valence-electron chi connectivity index (χ4n) is 4.08. The van der Waals surface area contributed by atoms with Crippen molar-refractivity contribution in [3.05, 3.63) is 33.9 Å². The quantitative estimate of drug-likeness (QED) is 0.562. The van der Waals surface area contributed by atoms with E-state index < -0.39 is 11.0 Å². The van der Waals surface area contributed by atoms with Gasteiger partial charge in [0.1, 0.15) is 5.69 Å². The van der Waals surface area contributed by atoms with Crippen LogP contribution in [-0.4, -0.2) is 67.2 Å². The van der Waals surface area contributed by atoms with Crippen LogP contribution < -0.4 is 16.0 Å². The minimum atomic E-state index is -0.464. The molecule has 2 aliphatic rings. The standard InChI is InChI=1S/C20H29N5O5/c1-30-20(27)24-10-2-9-23(11-12-24)17-8-3-14(13-18(17)25(28)29)19(26)22-16-6-4-15(21)5-7-16/h3,8,13,15-16H,2,4-7,9-12,21H2,1H3,(H,22,26). The van der Waals surface area contributed by atoms with E-state index in [2.05, 4.69) is 5.32 Å². The summed E-state index contributed by atoms with van der Waals surface area (Å²) in [6.45, 7) is 1.96. The van der Waals surface area contributed by atoms with Crippen molar-refractivity contribution in [3.8, 4) is 0 Å². The van der Waals surface area contributed by atoms with Crippen LogP contribution in [-0.2, 0) is 4.74 Å². The van der Waals surface area contributed by atoms with E-state index >= 15 is 0 Å². The number of nitrogens with one attached hydrogen (secondary N) is 1. The molecule has 1 aliphatic carbocycles. The molecule has 2 amide bonds. The van der Waals surface area contributed by atoms with Crippen LogP contribution in [0.15, 0.2) is 18.2 Å². The van der Waals surface area contributed by atoms with Gasteiger partial charge < -0.3 is 25.6 Å². The Morgan fingerprint density at radius 2 is 1.90 bits per heavy atom. The van der Waals surface area contributed by atoms with E-state index in [1.165, 1.54) is 13.2 Å². The number of nitrogens with zero attached hydrogens (tertiary/aromatic N) is 3. The number of carbonyl (C=O) groups is 2. The van der Waals surface area contributed by atoms with Crippen molar-refractivity contribution in [2.45, 2.75) is 44.2 Å². The van der Waals surface area contributed by atoms with Crippen LogP contribution in [0.3, 0.4) is 0 Å². The molecule has 0 atom stereocenters. The molecule has 10 heteroatoms. The van der Waals surface area contributed by atoms with Gasteiger partial charge in [-0.25, -0.2) is 4.79 Å². The Hall–Kier alpha value is -2.88. The number of ether oxygens (including phenoxy) is 1. The normalized spacial score (nSPS) is 22.2. The highest BCUT2D eigenvalue weighted by atomic mass is 16.6. The van der Waals surface area contributed by atoms with Gasteiger partial charge in [-0.3, -0.25) is 14.9 Å². The zero-order valence-corrected chi connectivity index (χ0v) is 17.2. The number of amides is 2. The van der Waals surface area contributed by atoms with Crippen LogP contribution in [0, 0.1) is 10.1 Å². The van der Waals surface area contributed by atoms with Crippen molar-refractivity contribution in [1.82, 2.24) is 10.2 Å². The third-order valence-corrected chi connectivity index (χ3v) is 5.81. The summed E-state index contributed by atoms with van der Waals surface area (Å²) in [7, 11) is 1.33. The highest BCUT2D eigenvalue weighted by molar-refractivity contribution is 5.96. The van der Waals surface area contributed by atoms with E-state index in [1.807, 2.05) is 4.90 Å². The molecule has 1 aliphatic heterocycles. The molecule has 1 aromatic rings. The number of hydrogen-bond donors (Lipinski definition) is 2. The highest BCUT2D eigenvalue weighted by Gasteiger charge is 2.26. The molecule has 1 aromatic carbocycles. The molecular formula is C20H29N5O5. The molecule has 1 saturated heterocycles. The van der Waals surface area contributed by atoms with Crippen molar-refractivity contribution >= 4 is 23.4 Å². The molecule has 164 valence electrons. The second kappa shape index (κ2) is 9.75. The number of nitro benzene ring substituents is 1. The molecule has 2 fully saturated rings. The molecule has 0 bridgehead atoms. The summed E-state index contributed by atoms with van der Waals surface area (Å²) in [5.41, 5.74) is 6.51. The van der Waals surface area contributed by atoms with Gasteiger partial charge in [0.25, 0.3) is 11.6 Å². The predicted molar refractivity (Wildman–Crippen MR) is 112 cm³/mol. The first-order valence-electron chi connectivity index (χ1n) is 10.3. The van der Waals surface area contributed by atoms with E-state index in [0.717, 1.165) is 25.7 Å². The second-order valence-electron chi connectivity index (χ2n) is 7.84. The Morgan fingerprint density at radius 3 is 2.57 bits per heavy atom. The minimum absolute atomic E-state index is 0.0472. The summed E-state index contributed by atoms with van der Waals surface area (Å²) in [6.07, 6.45) is 3.62. The van der Waals surface area contributed by atoms with Crippen LogP contribution in [0.4, 0.5) is 16.2 Å². The van der Waals surface area contributed by atoms with Gasteiger partial charge in [-0.15, -0.1) is 0 Å². The Morgan fingerprint density at radius 1 is 1.17 bits per heavy atom. The molecule has 1 heterocycles. The van der Waals surface area contributed by atoms with Crippen molar-refractivity contribution in [2.24, 2.45) is 5.73 Å². The fraction of sp³-hybridized carbons (Fsp3) is 0.600. The lowest BCUT2D eigenvalue weighted by Crippen LogP contribution is -2.40. The topological polar surface area (TPSA) is 131 Å². The zero-order chi connectivity index (χ0) is 21.7. The SMILES string of the molecule is COC(=O)N1CCCN(c2ccc(C(=O)NC3CCC(N)CC3)cc2[N+](=O)[O-])CC1. The lowest BCUT2D eigenvalue weighted by molar-refractivity contribution is -0.384. The maximum Gasteiger partial charge on any atom is 0.409 e. The third kappa shape index (κ3) is 5.18. The van der Waals surface area contributed by atoms with Crippen LogP contribution in [0.25, 0.3) is 0 Å². The highest BCUT2D eigenvalue weighted by Crippen LogP contribution is 2.30. The average molecular weight is 419 g/mol. The van der Waals surface area contributed by atoms with Gasteiger partial charge in [-0.05, 0) is 44.2 Å². The fourth-order valence-corrected chi connectivity index (χ4v) is 4.08. The largest absolute Gasteiger partial charge is 0.453 e. The Balaban J connectivity index is 1.73. The zero-order valence-electron chi connectivity index (χ0n) is 17.2. The molecule has 3 rings (SSSR count). The number of carbonyl (C=O) groups excluding carboxylic acids is 2. The summed E-state index contributed by atoms with van der Waals surface area (Å²) in [5, 5.41) is 14.7. The first kappa shape index (κ1) is 21.8. The van der Waals surface area contributed by atoms with Gasteiger partial charge in [-0.1, -0.05) is 0 Å². The molecule has 0 spiro atoms. The maximum absolute atomic E-state index is 12.6. The summed E-state index contributed by atoms with van der Waals surface area (Å²) < 4.78 is 4.77. The van der Waals surface area contributed by atoms with Gasteiger partial charge in [0.15, 0.2) is 0 Å². The number of benzene rings is 1. The van der Waals surface area contributed by atoms with Gasteiger partial charge in [0.2, 0.25) is 0 Å². The van der Waals surface area contributed by atoms with Crippen molar-refractivity contribution in [2.75, 3.05) is 38.2 Å². The number of methoxy groups -OCH3 is 1. The molecule has 1 saturated carbocycles. The monoisotopic (exact) mass is 419 g/mol. The predicted octanol–water partition coefficient (Wildman–Crippen LogP) is 1.87. The third-order valence-electron chi connectivity index (χ3n) is 5.81. The maximum atomic E-state index is 12.6. The molecule has 0 radical (unpaired) electrons. The number of rotatable bonds is 4. The summed E-state index contributed by atoms with van der Waals surface area (Å²) in [5.74, 6) is -0.308. The molecule has 0 unspecified atom stereocenters. The average Bonchev–Trinajstić information content (AvgIpc) is 3.00. The molecular weight excluding hydrogens is 390 g/mol.